The maximum atomic E-state index is 11.4. The zero-order chi connectivity index (χ0) is 22.8. The number of rotatable bonds is 6. The highest BCUT2D eigenvalue weighted by Crippen LogP contribution is 2.40. The van der Waals surface area contributed by atoms with E-state index in [1.165, 1.54) is 40.6 Å². The Hall–Kier alpha value is -2.31. The van der Waals surface area contributed by atoms with E-state index >= 15 is 0 Å². The molecule has 1 aliphatic carbocycles. The van der Waals surface area contributed by atoms with Crippen LogP contribution in [-0.4, -0.2) is 60.0 Å². The Morgan fingerprint density at radius 1 is 1.12 bits per heavy atom. The molecule has 0 spiro atoms. The fourth-order valence-corrected chi connectivity index (χ4v) is 5.69. The maximum Gasteiger partial charge on any atom is 0.219 e. The number of piperazine rings is 1. The van der Waals surface area contributed by atoms with Gasteiger partial charge in [0, 0.05) is 66.6 Å². The Morgan fingerprint density at radius 3 is 2.67 bits per heavy atom. The summed E-state index contributed by atoms with van der Waals surface area (Å²) in [6, 6.07) is 15.2. The molecule has 0 bridgehead atoms. The quantitative estimate of drug-likeness (QED) is 0.456. The number of nitrogens with zero attached hydrogens (tertiary/aromatic N) is 2. The molecule has 3 aromatic rings. The van der Waals surface area contributed by atoms with Gasteiger partial charge in [-0.1, -0.05) is 28.1 Å². The third-order valence-electron chi connectivity index (χ3n) is 7.16. The van der Waals surface area contributed by atoms with Crippen molar-refractivity contribution in [3.63, 3.8) is 0 Å². The lowest BCUT2D eigenvalue weighted by Crippen LogP contribution is -2.48. The van der Waals surface area contributed by atoms with E-state index in [1.807, 2.05) is 4.90 Å². The molecule has 2 aliphatic rings. The molecule has 5 nitrogen and oxygen atoms in total. The highest BCUT2D eigenvalue weighted by molar-refractivity contribution is 9.10. The van der Waals surface area contributed by atoms with E-state index in [9.17, 15) is 4.79 Å². The van der Waals surface area contributed by atoms with Crippen LogP contribution in [0.3, 0.4) is 0 Å². The largest absolute Gasteiger partial charge is 0.494 e. The molecule has 1 saturated heterocycles. The van der Waals surface area contributed by atoms with E-state index in [-0.39, 0.29) is 5.91 Å². The fourth-order valence-electron chi connectivity index (χ4n) is 5.33. The smallest absolute Gasteiger partial charge is 0.219 e. The summed E-state index contributed by atoms with van der Waals surface area (Å²) in [5.41, 5.74) is 5.45. The minimum absolute atomic E-state index is 0.184. The summed E-state index contributed by atoms with van der Waals surface area (Å²) in [4.78, 5) is 19.5. The summed E-state index contributed by atoms with van der Waals surface area (Å²) in [6.45, 7) is 7.00. The number of benzene rings is 2. The van der Waals surface area contributed by atoms with Crippen LogP contribution in [0.25, 0.3) is 10.9 Å². The Bertz CT molecular complexity index is 1120. The van der Waals surface area contributed by atoms with Gasteiger partial charge in [0.15, 0.2) is 0 Å². The molecular formula is C27H32BrN3O2. The minimum atomic E-state index is 0.184. The molecule has 1 aromatic heterocycles. The molecule has 5 rings (SSSR count). The van der Waals surface area contributed by atoms with Gasteiger partial charge in [0.2, 0.25) is 5.91 Å². The average Bonchev–Trinajstić information content (AvgIpc) is 3.20. The zero-order valence-electron chi connectivity index (χ0n) is 19.3. The van der Waals surface area contributed by atoms with Gasteiger partial charge in [-0.2, -0.15) is 0 Å². The van der Waals surface area contributed by atoms with Crippen molar-refractivity contribution < 1.29 is 9.53 Å². The number of halogens is 1. The molecule has 0 saturated carbocycles. The molecule has 2 heterocycles. The van der Waals surface area contributed by atoms with E-state index in [4.69, 9.17) is 4.74 Å². The molecule has 33 heavy (non-hydrogen) atoms. The molecule has 2 aromatic carbocycles. The third kappa shape index (κ3) is 4.97. The van der Waals surface area contributed by atoms with Crippen molar-refractivity contribution in [2.75, 3.05) is 39.3 Å². The molecule has 1 atom stereocenters. The Labute approximate surface area is 204 Å². The van der Waals surface area contributed by atoms with Crippen molar-refractivity contribution in [1.82, 2.24) is 14.8 Å². The summed E-state index contributed by atoms with van der Waals surface area (Å²) in [5, 5.41) is 1.35. The zero-order valence-corrected chi connectivity index (χ0v) is 20.9. The highest BCUT2D eigenvalue weighted by Gasteiger charge is 2.25. The first-order valence-corrected chi connectivity index (χ1v) is 12.9. The van der Waals surface area contributed by atoms with Gasteiger partial charge in [-0.15, -0.1) is 0 Å². The number of aromatic amines is 1. The third-order valence-corrected chi connectivity index (χ3v) is 7.65. The van der Waals surface area contributed by atoms with Crippen molar-refractivity contribution in [1.29, 1.82) is 0 Å². The molecule has 1 fully saturated rings. The SMILES string of the molecule is CC(=O)N1CCN(CCCOc2ccc(C3CCCc4c3[nH]c3ccc(Br)cc43)cc2)CC1. The summed E-state index contributed by atoms with van der Waals surface area (Å²) < 4.78 is 7.16. The van der Waals surface area contributed by atoms with Crippen molar-refractivity contribution in [2.45, 2.75) is 38.5 Å². The molecule has 1 N–H and O–H groups in total. The predicted molar refractivity (Wildman–Crippen MR) is 136 cm³/mol. The molecule has 1 amide bonds. The second kappa shape index (κ2) is 9.90. The number of aromatic nitrogens is 1. The number of aryl methyl sites for hydroxylation is 1. The van der Waals surface area contributed by atoms with Crippen molar-refractivity contribution in [3.8, 4) is 5.75 Å². The van der Waals surface area contributed by atoms with E-state index < -0.39 is 0 Å². The van der Waals surface area contributed by atoms with Crippen LogP contribution in [0.15, 0.2) is 46.9 Å². The molecular weight excluding hydrogens is 478 g/mol. The highest BCUT2D eigenvalue weighted by atomic mass is 79.9. The normalized spacial score (nSPS) is 19.0. The summed E-state index contributed by atoms with van der Waals surface area (Å²) in [6.07, 6.45) is 4.54. The predicted octanol–water partition coefficient (Wildman–Crippen LogP) is 5.33. The van der Waals surface area contributed by atoms with Crippen LogP contribution in [0.2, 0.25) is 0 Å². The number of hydrogen-bond acceptors (Lipinski definition) is 3. The number of fused-ring (bicyclic) bond motifs is 3. The standard InChI is InChI=1S/C27H32BrN3O2/c1-19(32)31-15-13-30(14-16-31)12-3-17-33-22-9-6-20(7-10-22)23-4-2-5-24-25-18-21(28)8-11-26(25)29-27(23)24/h6-11,18,23,29H,2-5,12-17H2,1H3. The number of H-pyrrole nitrogens is 1. The molecule has 6 heteroatoms. The molecule has 0 radical (unpaired) electrons. The average molecular weight is 510 g/mol. The van der Waals surface area contributed by atoms with Crippen LogP contribution < -0.4 is 4.74 Å². The van der Waals surface area contributed by atoms with Gasteiger partial charge in [-0.3, -0.25) is 9.69 Å². The van der Waals surface area contributed by atoms with Crippen LogP contribution in [-0.2, 0) is 11.2 Å². The first kappa shape index (κ1) is 22.5. The molecule has 174 valence electrons. The van der Waals surface area contributed by atoms with Gasteiger partial charge in [0.05, 0.1) is 6.61 Å². The van der Waals surface area contributed by atoms with Crippen LogP contribution in [0.4, 0.5) is 0 Å². The van der Waals surface area contributed by atoms with E-state index in [1.54, 1.807) is 6.92 Å². The van der Waals surface area contributed by atoms with Gasteiger partial charge >= 0.3 is 0 Å². The number of carbonyl (C=O) groups is 1. The summed E-state index contributed by atoms with van der Waals surface area (Å²) >= 11 is 3.62. The lowest BCUT2D eigenvalue weighted by molar-refractivity contribution is -0.130. The fraction of sp³-hybridized carbons (Fsp3) is 0.444. The second-order valence-corrected chi connectivity index (χ2v) is 10.2. The van der Waals surface area contributed by atoms with Crippen molar-refractivity contribution >= 4 is 32.7 Å². The van der Waals surface area contributed by atoms with E-state index in [0.717, 1.165) is 62.4 Å². The van der Waals surface area contributed by atoms with Crippen LogP contribution >= 0.6 is 15.9 Å². The first-order chi connectivity index (χ1) is 16.1. The number of nitrogens with one attached hydrogen (secondary N) is 1. The summed E-state index contributed by atoms with van der Waals surface area (Å²) in [5.74, 6) is 1.54. The van der Waals surface area contributed by atoms with Gasteiger partial charge in [-0.25, -0.2) is 0 Å². The molecule has 1 unspecified atom stereocenters. The summed E-state index contributed by atoms with van der Waals surface area (Å²) in [7, 11) is 0. The lowest BCUT2D eigenvalue weighted by atomic mass is 9.82. The van der Waals surface area contributed by atoms with E-state index in [0.29, 0.717) is 5.92 Å². The number of ether oxygens (including phenoxy) is 1. The van der Waals surface area contributed by atoms with Crippen LogP contribution in [0.5, 0.6) is 5.75 Å². The van der Waals surface area contributed by atoms with Crippen LogP contribution in [0, 0.1) is 0 Å². The van der Waals surface area contributed by atoms with Crippen molar-refractivity contribution in [3.05, 3.63) is 63.8 Å². The first-order valence-electron chi connectivity index (χ1n) is 12.1. The number of hydrogen-bond donors (Lipinski definition) is 1. The van der Waals surface area contributed by atoms with Gasteiger partial charge < -0.3 is 14.6 Å². The van der Waals surface area contributed by atoms with Crippen LogP contribution in [0.1, 0.15) is 48.9 Å². The van der Waals surface area contributed by atoms with Gasteiger partial charge in [0.1, 0.15) is 5.75 Å². The lowest BCUT2D eigenvalue weighted by Gasteiger charge is -2.34. The number of amides is 1. The molecule has 1 aliphatic heterocycles. The Kier molecular flexibility index (Phi) is 6.74. The monoisotopic (exact) mass is 509 g/mol. The second-order valence-electron chi connectivity index (χ2n) is 9.27. The van der Waals surface area contributed by atoms with Crippen molar-refractivity contribution in [2.24, 2.45) is 0 Å². The van der Waals surface area contributed by atoms with E-state index in [2.05, 4.69) is 68.3 Å². The minimum Gasteiger partial charge on any atom is -0.494 e. The maximum absolute atomic E-state index is 11.4. The van der Waals surface area contributed by atoms with Gasteiger partial charge in [-0.05, 0) is 67.1 Å². The Balaban J connectivity index is 1.16. The van der Waals surface area contributed by atoms with Gasteiger partial charge in [0.25, 0.3) is 0 Å². The Morgan fingerprint density at radius 2 is 1.91 bits per heavy atom. The number of carbonyl (C=O) groups excluding carboxylic acids is 1. The topological polar surface area (TPSA) is 48.6 Å².